The zero-order valence-corrected chi connectivity index (χ0v) is 20.6. The van der Waals surface area contributed by atoms with Crippen molar-refractivity contribution in [3.63, 3.8) is 0 Å². The van der Waals surface area contributed by atoms with Crippen LogP contribution in [0.2, 0.25) is 18.1 Å². The third-order valence-corrected chi connectivity index (χ3v) is 12.6. The number of benzene rings is 1. The predicted octanol–water partition coefficient (Wildman–Crippen LogP) is 3.29. The Hall–Kier alpha value is -2.36. The number of amides is 1. The summed E-state index contributed by atoms with van der Waals surface area (Å²) in [6.45, 7) is 15.8. The summed E-state index contributed by atoms with van der Waals surface area (Å²) < 4.78 is 1.84. The Kier molecular flexibility index (Phi) is 7.48. The monoisotopic (exact) mass is 462 g/mol. The molecule has 2 rings (SSSR count). The Morgan fingerprint density at radius 2 is 1.88 bits per heavy atom. The van der Waals surface area contributed by atoms with E-state index in [0.717, 1.165) is 0 Å². The molecule has 1 saturated heterocycles. The number of aliphatic hydroxyl groups excluding tert-OH is 1. The number of nitro benzene ring substituents is 1. The van der Waals surface area contributed by atoms with Crippen LogP contribution in [0.3, 0.4) is 0 Å². The van der Waals surface area contributed by atoms with E-state index < -0.39 is 49.0 Å². The molecule has 1 aliphatic rings. The number of ketones is 1. The SMILES string of the molecule is C=CC1C(C(C(=O)Cc2ccccc2[N+](=O)[O-])C(C)C(O)O)C(=O)N1[Si](C)(C)C(C)(C)C. The molecule has 1 heterocycles. The quantitative estimate of drug-likeness (QED) is 0.145. The zero-order valence-electron chi connectivity index (χ0n) is 19.6. The van der Waals surface area contributed by atoms with Crippen LogP contribution in [0, 0.1) is 27.9 Å². The number of para-hydroxylation sites is 1. The second kappa shape index (κ2) is 9.25. The minimum Gasteiger partial charge on any atom is -0.368 e. The topological polar surface area (TPSA) is 121 Å². The minimum absolute atomic E-state index is 0.124. The number of carbonyl (C=O) groups excluding carboxylic acids is 2. The van der Waals surface area contributed by atoms with Crippen LogP contribution in [0.5, 0.6) is 0 Å². The molecule has 9 heteroatoms. The molecule has 0 aromatic heterocycles. The Morgan fingerprint density at radius 3 is 2.34 bits per heavy atom. The average molecular weight is 463 g/mol. The number of hydrogen-bond acceptors (Lipinski definition) is 6. The fourth-order valence-corrected chi connectivity index (χ4v) is 6.74. The summed E-state index contributed by atoms with van der Waals surface area (Å²) in [6, 6.07) is 5.54. The van der Waals surface area contributed by atoms with E-state index in [-0.39, 0.29) is 28.6 Å². The molecule has 176 valence electrons. The van der Waals surface area contributed by atoms with Gasteiger partial charge in [-0.3, -0.25) is 19.7 Å². The summed E-state index contributed by atoms with van der Waals surface area (Å²) in [6.07, 6.45) is -0.434. The molecule has 8 nitrogen and oxygen atoms in total. The highest BCUT2D eigenvalue weighted by Gasteiger charge is 2.60. The van der Waals surface area contributed by atoms with Crippen LogP contribution in [0.15, 0.2) is 36.9 Å². The third kappa shape index (κ3) is 4.55. The van der Waals surface area contributed by atoms with Crippen molar-refractivity contribution >= 4 is 25.6 Å². The van der Waals surface area contributed by atoms with Crippen molar-refractivity contribution in [2.24, 2.45) is 17.8 Å². The van der Waals surface area contributed by atoms with Crippen LogP contribution in [0.25, 0.3) is 0 Å². The van der Waals surface area contributed by atoms with E-state index in [9.17, 15) is 29.9 Å². The molecule has 1 aromatic carbocycles. The molecule has 1 aromatic rings. The maximum absolute atomic E-state index is 13.4. The van der Waals surface area contributed by atoms with Gasteiger partial charge >= 0.3 is 0 Å². The number of rotatable bonds is 9. The lowest BCUT2D eigenvalue weighted by Crippen LogP contribution is -2.74. The Bertz CT molecular complexity index is 908. The van der Waals surface area contributed by atoms with Gasteiger partial charge < -0.3 is 14.8 Å². The summed E-state index contributed by atoms with van der Waals surface area (Å²) in [5, 5.41) is 31.0. The van der Waals surface area contributed by atoms with Crippen LogP contribution in [-0.2, 0) is 16.0 Å². The van der Waals surface area contributed by atoms with E-state index >= 15 is 0 Å². The van der Waals surface area contributed by atoms with Gasteiger partial charge in [0.1, 0.15) is 5.78 Å². The van der Waals surface area contributed by atoms with E-state index in [0.29, 0.717) is 0 Å². The van der Waals surface area contributed by atoms with Crippen molar-refractivity contribution in [3.8, 4) is 0 Å². The first kappa shape index (κ1) is 25.9. The molecule has 2 N–H and O–H groups in total. The standard InChI is InChI=1S/C23H34N2O6Si/c1-8-16-20(21(27)24(16)32(6,7)23(3,4)5)19(14(2)22(28)29)18(26)13-15-11-9-10-12-17(15)25(30)31/h8-12,14,16,19-20,22,28-29H,1,13H2,2-7H3. The van der Waals surface area contributed by atoms with Crippen molar-refractivity contribution < 1.29 is 24.7 Å². The number of nitrogens with zero attached hydrogens (tertiary/aromatic N) is 2. The van der Waals surface area contributed by atoms with Crippen molar-refractivity contribution in [2.75, 3.05) is 0 Å². The number of hydrogen-bond donors (Lipinski definition) is 2. The maximum atomic E-state index is 13.4. The van der Waals surface area contributed by atoms with Gasteiger partial charge in [-0.05, 0) is 5.04 Å². The van der Waals surface area contributed by atoms with Crippen LogP contribution in [0.4, 0.5) is 5.69 Å². The molecule has 0 aliphatic carbocycles. The predicted molar refractivity (Wildman–Crippen MR) is 124 cm³/mol. The van der Waals surface area contributed by atoms with Gasteiger partial charge in [0.25, 0.3) is 5.69 Å². The molecule has 1 fully saturated rings. The van der Waals surface area contributed by atoms with Crippen LogP contribution in [-0.4, -0.2) is 52.0 Å². The van der Waals surface area contributed by atoms with Crippen molar-refractivity contribution in [1.82, 2.24) is 4.57 Å². The molecule has 1 amide bonds. The van der Waals surface area contributed by atoms with Gasteiger partial charge in [0.05, 0.1) is 16.9 Å². The highest BCUT2D eigenvalue weighted by Crippen LogP contribution is 2.48. The lowest BCUT2D eigenvalue weighted by atomic mass is 9.70. The molecular formula is C23H34N2O6Si. The van der Waals surface area contributed by atoms with E-state index in [1.54, 1.807) is 12.1 Å². The largest absolute Gasteiger partial charge is 0.368 e. The fraction of sp³-hybridized carbons (Fsp3) is 0.565. The van der Waals surface area contributed by atoms with Gasteiger partial charge in [-0.25, -0.2) is 0 Å². The van der Waals surface area contributed by atoms with E-state index in [1.807, 2.05) is 4.57 Å². The number of aliphatic hydroxyl groups is 2. The van der Waals surface area contributed by atoms with Crippen molar-refractivity contribution in [1.29, 1.82) is 0 Å². The first-order chi connectivity index (χ1) is 14.7. The molecule has 1 aliphatic heterocycles. The first-order valence-corrected chi connectivity index (χ1v) is 13.7. The Labute approximate surface area is 190 Å². The molecule has 32 heavy (non-hydrogen) atoms. The Morgan fingerprint density at radius 1 is 1.31 bits per heavy atom. The summed E-state index contributed by atoms with van der Waals surface area (Å²) in [7, 11) is -2.26. The third-order valence-electron chi connectivity index (χ3n) is 7.22. The minimum atomic E-state index is -2.26. The molecule has 0 spiro atoms. The van der Waals surface area contributed by atoms with Gasteiger partial charge in [0.2, 0.25) is 5.91 Å². The normalized spacial score (nSPS) is 21.2. The van der Waals surface area contributed by atoms with Gasteiger partial charge in [0.15, 0.2) is 14.5 Å². The van der Waals surface area contributed by atoms with Gasteiger partial charge in [0, 0.05) is 29.9 Å². The molecule has 0 bridgehead atoms. The van der Waals surface area contributed by atoms with Crippen LogP contribution < -0.4 is 0 Å². The summed E-state index contributed by atoms with van der Waals surface area (Å²) in [5.41, 5.74) is 0.0511. The lowest BCUT2D eigenvalue weighted by Gasteiger charge is -2.59. The average Bonchev–Trinajstić information content (AvgIpc) is 2.67. The summed E-state index contributed by atoms with van der Waals surface area (Å²) in [5.74, 6) is -3.35. The van der Waals surface area contributed by atoms with Crippen molar-refractivity contribution in [2.45, 2.75) is 64.6 Å². The zero-order chi connectivity index (χ0) is 24.6. The molecular weight excluding hydrogens is 428 g/mol. The smallest absolute Gasteiger partial charge is 0.273 e. The number of Topliss-reactive ketones (excluding diaryl/α,β-unsaturated/α-hetero) is 1. The Balaban J connectivity index is 2.44. The number of nitro groups is 1. The number of β-lactam (4-membered cyclic amide) rings is 1. The highest BCUT2D eigenvalue weighted by atomic mass is 28.3. The second-order valence-electron chi connectivity index (χ2n) is 10.1. The second-order valence-corrected chi connectivity index (χ2v) is 15.2. The molecule has 4 unspecified atom stereocenters. The van der Waals surface area contributed by atoms with E-state index in [1.165, 1.54) is 25.1 Å². The summed E-state index contributed by atoms with van der Waals surface area (Å²) in [4.78, 5) is 37.6. The fourth-order valence-electron chi connectivity index (χ4n) is 4.31. The van der Waals surface area contributed by atoms with Gasteiger partial charge in [-0.1, -0.05) is 65.1 Å². The van der Waals surface area contributed by atoms with Crippen LogP contribution in [0.1, 0.15) is 33.3 Å². The molecule has 0 radical (unpaired) electrons. The van der Waals surface area contributed by atoms with Gasteiger partial charge in [-0.2, -0.15) is 0 Å². The molecule has 0 saturated carbocycles. The highest BCUT2D eigenvalue weighted by molar-refractivity contribution is 6.80. The van der Waals surface area contributed by atoms with E-state index in [4.69, 9.17) is 0 Å². The first-order valence-electron chi connectivity index (χ1n) is 10.7. The van der Waals surface area contributed by atoms with Gasteiger partial charge in [-0.15, -0.1) is 6.58 Å². The van der Waals surface area contributed by atoms with Crippen molar-refractivity contribution in [3.05, 3.63) is 52.6 Å². The maximum Gasteiger partial charge on any atom is 0.273 e. The lowest BCUT2D eigenvalue weighted by molar-refractivity contribution is -0.385. The van der Waals surface area contributed by atoms with Crippen LogP contribution >= 0.6 is 0 Å². The molecule has 4 atom stereocenters. The number of carbonyl (C=O) groups is 2. The summed E-state index contributed by atoms with van der Waals surface area (Å²) >= 11 is 0. The van der Waals surface area contributed by atoms with E-state index in [2.05, 4.69) is 40.4 Å².